The first-order valence-electron chi connectivity index (χ1n) is 4.30. The Morgan fingerprint density at radius 1 is 1.46 bits per heavy atom. The van der Waals surface area contributed by atoms with E-state index in [9.17, 15) is 0 Å². The van der Waals surface area contributed by atoms with Crippen LogP contribution in [0.4, 0.5) is 5.13 Å². The highest BCUT2D eigenvalue weighted by Crippen LogP contribution is 2.24. The second kappa shape index (κ2) is 4.53. The van der Waals surface area contributed by atoms with Crippen LogP contribution in [0.25, 0.3) is 0 Å². The lowest BCUT2D eigenvalue weighted by molar-refractivity contribution is 0.304. The van der Waals surface area contributed by atoms with E-state index in [-0.39, 0.29) is 6.61 Å². The van der Waals surface area contributed by atoms with Gasteiger partial charge in [-0.15, -0.1) is 10.2 Å². The third-order valence-electron chi connectivity index (χ3n) is 1.69. The fourth-order valence-electron chi connectivity index (χ4n) is 0.860. The summed E-state index contributed by atoms with van der Waals surface area (Å²) in [6.45, 7) is 4.94. The molecule has 0 aliphatic rings. The molecule has 0 saturated carbocycles. The lowest BCUT2D eigenvalue weighted by Gasteiger charge is -2.11. The summed E-state index contributed by atoms with van der Waals surface area (Å²) in [4.78, 5) is 1.91. The second-order valence-corrected chi connectivity index (χ2v) is 4.21. The summed E-state index contributed by atoms with van der Waals surface area (Å²) in [6, 6.07) is 0. The van der Waals surface area contributed by atoms with E-state index in [4.69, 9.17) is 5.11 Å². The molecular weight excluding hydrogens is 186 g/mol. The number of aliphatic hydroxyl groups is 1. The highest BCUT2D eigenvalue weighted by Gasteiger charge is 2.10. The third-order valence-corrected chi connectivity index (χ3v) is 3.02. The molecule has 0 aliphatic heterocycles. The van der Waals surface area contributed by atoms with Gasteiger partial charge in [0.1, 0.15) is 5.01 Å². The van der Waals surface area contributed by atoms with Gasteiger partial charge in [-0.05, 0) is 0 Å². The van der Waals surface area contributed by atoms with Crippen LogP contribution in [-0.4, -0.2) is 35.5 Å². The number of hydrogen-bond donors (Lipinski definition) is 1. The summed E-state index contributed by atoms with van der Waals surface area (Å²) in [7, 11) is 1.90. The van der Waals surface area contributed by atoms with Crippen molar-refractivity contribution in [3.05, 3.63) is 5.01 Å². The maximum atomic E-state index is 8.73. The Labute approximate surface area is 82.2 Å². The van der Waals surface area contributed by atoms with Crippen LogP contribution in [0.2, 0.25) is 0 Å². The van der Waals surface area contributed by atoms with Crippen molar-refractivity contribution >= 4 is 16.5 Å². The fraction of sp³-hybridized carbons (Fsp3) is 0.750. The van der Waals surface area contributed by atoms with Crippen molar-refractivity contribution in [2.45, 2.75) is 19.8 Å². The third kappa shape index (κ3) is 2.63. The molecule has 1 rings (SSSR count). The summed E-state index contributed by atoms with van der Waals surface area (Å²) >= 11 is 1.58. The van der Waals surface area contributed by atoms with Gasteiger partial charge in [-0.25, -0.2) is 0 Å². The van der Waals surface area contributed by atoms with Crippen LogP contribution in [0.15, 0.2) is 0 Å². The normalized spacial score (nSPS) is 10.8. The molecule has 0 amide bonds. The van der Waals surface area contributed by atoms with Gasteiger partial charge in [0.25, 0.3) is 0 Å². The highest BCUT2D eigenvalue weighted by molar-refractivity contribution is 7.15. The predicted molar refractivity (Wildman–Crippen MR) is 54.4 cm³/mol. The van der Waals surface area contributed by atoms with Gasteiger partial charge in [0.15, 0.2) is 0 Å². The summed E-state index contributed by atoms with van der Waals surface area (Å²) in [5, 5.41) is 18.7. The second-order valence-electron chi connectivity index (χ2n) is 3.22. The molecule has 0 aliphatic carbocycles. The SMILES string of the molecule is CC(C)c1nnc(N(C)CCO)s1. The zero-order valence-electron chi connectivity index (χ0n) is 8.19. The Bertz CT molecular complexity index is 262. The molecule has 0 unspecified atom stereocenters. The average Bonchev–Trinajstić information content (AvgIpc) is 2.52. The minimum absolute atomic E-state index is 0.146. The molecule has 1 aromatic heterocycles. The van der Waals surface area contributed by atoms with Gasteiger partial charge in [-0.2, -0.15) is 0 Å². The van der Waals surface area contributed by atoms with Gasteiger partial charge in [-0.1, -0.05) is 25.2 Å². The molecule has 0 aromatic carbocycles. The van der Waals surface area contributed by atoms with E-state index in [1.165, 1.54) is 0 Å². The number of anilines is 1. The van der Waals surface area contributed by atoms with E-state index in [2.05, 4.69) is 24.0 Å². The highest BCUT2D eigenvalue weighted by atomic mass is 32.1. The molecule has 0 fully saturated rings. The number of hydrogen-bond acceptors (Lipinski definition) is 5. The van der Waals surface area contributed by atoms with Gasteiger partial charge < -0.3 is 10.0 Å². The zero-order chi connectivity index (χ0) is 9.84. The Kier molecular flexibility index (Phi) is 3.62. The predicted octanol–water partition coefficient (Wildman–Crippen LogP) is 1.09. The minimum atomic E-state index is 0.146. The topological polar surface area (TPSA) is 49.2 Å². The Morgan fingerprint density at radius 3 is 2.62 bits per heavy atom. The van der Waals surface area contributed by atoms with Crippen molar-refractivity contribution in [2.75, 3.05) is 25.1 Å². The van der Waals surface area contributed by atoms with Gasteiger partial charge in [0.05, 0.1) is 6.61 Å². The lowest BCUT2D eigenvalue weighted by atomic mass is 10.2. The lowest BCUT2D eigenvalue weighted by Crippen LogP contribution is -2.20. The quantitative estimate of drug-likeness (QED) is 0.792. The molecule has 4 nitrogen and oxygen atoms in total. The van der Waals surface area contributed by atoms with E-state index < -0.39 is 0 Å². The number of aliphatic hydroxyl groups excluding tert-OH is 1. The Morgan fingerprint density at radius 2 is 2.15 bits per heavy atom. The molecule has 1 heterocycles. The molecule has 0 radical (unpaired) electrons. The minimum Gasteiger partial charge on any atom is -0.395 e. The molecule has 13 heavy (non-hydrogen) atoms. The maximum absolute atomic E-state index is 8.73. The van der Waals surface area contributed by atoms with E-state index >= 15 is 0 Å². The first kappa shape index (κ1) is 10.4. The van der Waals surface area contributed by atoms with Crippen molar-refractivity contribution in [3.8, 4) is 0 Å². The van der Waals surface area contributed by atoms with Crippen molar-refractivity contribution in [1.29, 1.82) is 0 Å². The monoisotopic (exact) mass is 201 g/mol. The zero-order valence-corrected chi connectivity index (χ0v) is 9.01. The Balaban J connectivity index is 2.67. The van der Waals surface area contributed by atoms with Crippen molar-refractivity contribution in [1.82, 2.24) is 10.2 Å². The number of likely N-dealkylation sites (N-methyl/N-ethyl adjacent to an activating group) is 1. The fourth-order valence-corrected chi connectivity index (χ4v) is 1.69. The van der Waals surface area contributed by atoms with Crippen LogP contribution in [0.1, 0.15) is 24.8 Å². The van der Waals surface area contributed by atoms with Crippen molar-refractivity contribution in [2.24, 2.45) is 0 Å². The molecule has 1 aromatic rings. The van der Waals surface area contributed by atoms with Gasteiger partial charge >= 0.3 is 0 Å². The molecule has 0 atom stereocenters. The van der Waals surface area contributed by atoms with Crippen LogP contribution >= 0.6 is 11.3 Å². The van der Waals surface area contributed by atoms with Crippen molar-refractivity contribution < 1.29 is 5.11 Å². The molecule has 1 N–H and O–H groups in total. The van der Waals surface area contributed by atoms with Crippen LogP contribution < -0.4 is 4.90 Å². The summed E-state index contributed by atoms with van der Waals surface area (Å²) in [5.74, 6) is 0.425. The maximum Gasteiger partial charge on any atom is 0.208 e. The smallest absolute Gasteiger partial charge is 0.208 e. The standard InChI is InChI=1S/C8H15N3OS/c1-6(2)7-9-10-8(13-7)11(3)4-5-12/h6,12H,4-5H2,1-3H3. The molecule has 0 saturated heterocycles. The molecule has 0 bridgehead atoms. The van der Waals surface area contributed by atoms with Crippen LogP contribution in [0.5, 0.6) is 0 Å². The largest absolute Gasteiger partial charge is 0.395 e. The first-order valence-corrected chi connectivity index (χ1v) is 5.12. The molecule has 5 heteroatoms. The first-order chi connectivity index (χ1) is 6.15. The van der Waals surface area contributed by atoms with Gasteiger partial charge in [0.2, 0.25) is 5.13 Å². The summed E-state index contributed by atoms with van der Waals surface area (Å²) < 4.78 is 0. The average molecular weight is 201 g/mol. The van der Waals surface area contributed by atoms with Crippen molar-refractivity contribution in [3.63, 3.8) is 0 Å². The molecular formula is C8H15N3OS. The van der Waals surface area contributed by atoms with Crippen LogP contribution in [-0.2, 0) is 0 Å². The van der Waals surface area contributed by atoms with Crippen LogP contribution in [0.3, 0.4) is 0 Å². The Hall–Kier alpha value is -0.680. The number of nitrogens with zero attached hydrogens (tertiary/aromatic N) is 3. The van der Waals surface area contributed by atoms with E-state index in [0.29, 0.717) is 12.5 Å². The van der Waals surface area contributed by atoms with Gasteiger partial charge in [0, 0.05) is 19.5 Å². The number of rotatable bonds is 4. The summed E-state index contributed by atoms with van der Waals surface area (Å²) in [6.07, 6.45) is 0. The van der Waals surface area contributed by atoms with Crippen LogP contribution in [0, 0.1) is 0 Å². The number of aromatic nitrogens is 2. The van der Waals surface area contributed by atoms with E-state index in [1.807, 2.05) is 11.9 Å². The molecule has 74 valence electrons. The van der Waals surface area contributed by atoms with E-state index in [0.717, 1.165) is 10.1 Å². The summed E-state index contributed by atoms with van der Waals surface area (Å²) in [5.41, 5.74) is 0. The molecule has 0 spiro atoms. The van der Waals surface area contributed by atoms with Gasteiger partial charge in [-0.3, -0.25) is 0 Å². The van der Waals surface area contributed by atoms with E-state index in [1.54, 1.807) is 11.3 Å².